The fraction of sp³-hybridized carbons (Fsp3) is 0.375. The minimum atomic E-state index is -0.554. The number of hydrogen-bond donors (Lipinski definition) is 0. The molecule has 0 amide bonds. The molecule has 0 aliphatic heterocycles. The molecule has 0 saturated heterocycles. The highest BCUT2D eigenvalue weighted by Crippen LogP contribution is 2.34. The fourth-order valence-electron chi connectivity index (χ4n) is 2.32. The highest BCUT2D eigenvalue weighted by Gasteiger charge is 2.35. The highest BCUT2D eigenvalue weighted by molar-refractivity contribution is 7.16. The molecule has 1 aromatic rings. The van der Waals surface area contributed by atoms with Crippen molar-refractivity contribution in [2.45, 2.75) is 33.6 Å². The van der Waals surface area contributed by atoms with Crippen LogP contribution in [0.4, 0.5) is 0 Å². The van der Waals surface area contributed by atoms with Gasteiger partial charge in [-0.2, -0.15) is 0 Å². The zero-order chi connectivity index (χ0) is 16.4. The fourth-order valence-corrected chi connectivity index (χ4v) is 3.43. The summed E-state index contributed by atoms with van der Waals surface area (Å²) in [6.45, 7) is 5.31. The van der Waals surface area contributed by atoms with E-state index in [-0.39, 0.29) is 39.7 Å². The molecule has 2 rings (SSSR count). The molecule has 1 aliphatic carbocycles. The van der Waals surface area contributed by atoms with Gasteiger partial charge < -0.3 is 4.74 Å². The van der Waals surface area contributed by atoms with E-state index in [4.69, 9.17) is 4.74 Å². The van der Waals surface area contributed by atoms with Crippen molar-refractivity contribution in [3.05, 3.63) is 32.5 Å². The number of Topliss-reactive ketones (excluding diaryl/α,β-unsaturated/α-hetero) is 2. The number of hydrogen-bond acceptors (Lipinski definition) is 6. The molecule has 0 saturated carbocycles. The van der Waals surface area contributed by atoms with E-state index in [1.54, 1.807) is 13.8 Å². The molecular weight excluding hydrogens is 304 g/mol. The van der Waals surface area contributed by atoms with E-state index in [0.717, 1.165) is 17.4 Å². The molecule has 0 fully saturated rings. The Hall–Kier alpha value is -2.08. The monoisotopic (exact) mass is 320 g/mol. The molecule has 0 aromatic carbocycles. The van der Waals surface area contributed by atoms with E-state index in [2.05, 4.69) is 0 Å². The lowest BCUT2D eigenvalue weighted by atomic mass is 9.89. The molecule has 0 radical (unpaired) electrons. The summed E-state index contributed by atoms with van der Waals surface area (Å²) in [5, 5.41) is 0. The summed E-state index contributed by atoms with van der Waals surface area (Å²) >= 11 is 0.948. The van der Waals surface area contributed by atoms with Crippen molar-refractivity contribution in [1.82, 2.24) is 0 Å². The normalized spacial score (nSPS) is 13.7. The number of ketones is 3. The Morgan fingerprint density at radius 1 is 1.23 bits per heavy atom. The van der Waals surface area contributed by atoms with Gasteiger partial charge in [-0.1, -0.05) is 6.92 Å². The highest BCUT2D eigenvalue weighted by atomic mass is 32.1. The largest absolute Gasteiger partial charge is 0.462 e. The Bertz CT molecular complexity index is 708. The molecule has 0 atom stereocenters. The third-order valence-corrected chi connectivity index (χ3v) is 4.64. The summed E-state index contributed by atoms with van der Waals surface area (Å²) in [6, 6.07) is 0. The van der Waals surface area contributed by atoms with Crippen molar-refractivity contribution >= 4 is 34.7 Å². The van der Waals surface area contributed by atoms with Crippen molar-refractivity contribution in [2.24, 2.45) is 0 Å². The number of thiophene rings is 1. The maximum absolute atomic E-state index is 12.5. The SMILES string of the molecule is CCCC(=O)C1=CC(=O)c2sc(C(=O)OCC)c(C)c2C1=O. The van der Waals surface area contributed by atoms with E-state index >= 15 is 0 Å². The second kappa shape index (κ2) is 6.36. The van der Waals surface area contributed by atoms with Crippen LogP contribution in [-0.4, -0.2) is 29.9 Å². The van der Waals surface area contributed by atoms with Crippen LogP contribution in [0.3, 0.4) is 0 Å². The van der Waals surface area contributed by atoms with Crippen molar-refractivity contribution in [3.8, 4) is 0 Å². The molecule has 5 nitrogen and oxygen atoms in total. The number of rotatable bonds is 5. The van der Waals surface area contributed by atoms with Crippen LogP contribution in [-0.2, 0) is 9.53 Å². The molecule has 0 spiro atoms. The second-order valence-corrected chi connectivity index (χ2v) is 5.93. The Balaban J connectivity index is 2.48. The van der Waals surface area contributed by atoms with Gasteiger partial charge in [-0.15, -0.1) is 11.3 Å². The number of carbonyl (C=O) groups is 4. The van der Waals surface area contributed by atoms with Crippen molar-refractivity contribution < 1.29 is 23.9 Å². The van der Waals surface area contributed by atoms with Crippen molar-refractivity contribution in [3.63, 3.8) is 0 Å². The zero-order valence-electron chi connectivity index (χ0n) is 12.6. The minimum absolute atomic E-state index is 0.0874. The number of allylic oxidation sites excluding steroid dienone is 2. The van der Waals surface area contributed by atoms with Crippen LogP contribution in [0, 0.1) is 6.92 Å². The molecule has 1 aromatic heterocycles. The van der Waals surface area contributed by atoms with E-state index in [0.29, 0.717) is 12.0 Å². The van der Waals surface area contributed by atoms with Gasteiger partial charge in [0.2, 0.25) is 0 Å². The van der Waals surface area contributed by atoms with Gasteiger partial charge in [0.25, 0.3) is 0 Å². The Morgan fingerprint density at radius 2 is 1.91 bits per heavy atom. The topological polar surface area (TPSA) is 77.5 Å². The van der Waals surface area contributed by atoms with Crippen LogP contribution in [0.1, 0.15) is 62.0 Å². The van der Waals surface area contributed by atoms with Crippen LogP contribution in [0.25, 0.3) is 0 Å². The maximum Gasteiger partial charge on any atom is 0.348 e. The first-order chi connectivity index (χ1) is 10.4. The number of esters is 1. The predicted molar refractivity (Wildman–Crippen MR) is 81.7 cm³/mol. The lowest BCUT2D eigenvalue weighted by Gasteiger charge is -2.11. The summed E-state index contributed by atoms with van der Waals surface area (Å²) < 4.78 is 4.93. The molecule has 1 aliphatic rings. The summed E-state index contributed by atoms with van der Waals surface area (Å²) in [6.07, 6.45) is 1.91. The number of ether oxygens (including phenoxy) is 1. The molecule has 6 heteroatoms. The number of carbonyl (C=O) groups excluding carboxylic acids is 4. The lowest BCUT2D eigenvalue weighted by Crippen LogP contribution is -2.21. The van der Waals surface area contributed by atoms with Crippen LogP contribution in [0.2, 0.25) is 0 Å². The zero-order valence-corrected chi connectivity index (χ0v) is 13.5. The molecule has 0 bridgehead atoms. The summed E-state index contributed by atoms with van der Waals surface area (Å²) in [7, 11) is 0. The van der Waals surface area contributed by atoms with Crippen LogP contribution >= 0.6 is 11.3 Å². The summed E-state index contributed by atoms with van der Waals surface area (Å²) in [5.74, 6) is -1.77. The quantitative estimate of drug-likeness (QED) is 0.616. The molecule has 0 unspecified atom stereocenters. The molecular formula is C16H16O5S. The first kappa shape index (κ1) is 16.3. The van der Waals surface area contributed by atoms with E-state index < -0.39 is 17.5 Å². The van der Waals surface area contributed by atoms with E-state index in [1.807, 2.05) is 6.92 Å². The second-order valence-electron chi connectivity index (χ2n) is 4.91. The van der Waals surface area contributed by atoms with Gasteiger partial charge in [0, 0.05) is 18.1 Å². The average Bonchev–Trinajstić information content (AvgIpc) is 2.82. The smallest absolute Gasteiger partial charge is 0.348 e. The van der Waals surface area contributed by atoms with Gasteiger partial charge in [-0.3, -0.25) is 14.4 Å². The minimum Gasteiger partial charge on any atom is -0.462 e. The Labute approximate surface area is 132 Å². The van der Waals surface area contributed by atoms with Gasteiger partial charge in [0.05, 0.1) is 17.1 Å². The maximum atomic E-state index is 12.5. The lowest BCUT2D eigenvalue weighted by molar-refractivity contribution is -0.115. The summed E-state index contributed by atoms with van der Waals surface area (Å²) in [4.78, 5) is 49.0. The van der Waals surface area contributed by atoms with Gasteiger partial charge in [-0.05, 0) is 25.8 Å². The standard InChI is InChI=1S/C16H16O5S/c1-4-6-10(17)9-7-11(18)15-12(13(9)19)8(3)14(22-15)16(20)21-5-2/h7H,4-6H2,1-3H3. The van der Waals surface area contributed by atoms with Gasteiger partial charge in [0.1, 0.15) is 4.88 Å². The van der Waals surface area contributed by atoms with Gasteiger partial charge >= 0.3 is 5.97 Å². The van der Waals surface area contributed by atoms with E-state index in [9.17, 15) is 19.2 Å². The van der Waals surface area contributed by atoms with Gasteiger partial charge in [-0.25, -0.2) is 4.79 Å². The molecule has 116 valence electrons. The van der Waals surface area contributed by atoms with E-state index in [1.165, 1.54) is 0 Å². The average molecular weight is 320 g/mol. The predicted octanol–water partition coefficient (Wildman–Crippen LogP) is 2.91. The first-order valence-electron chi connectivity index (χ1n) is 7.06. The Morgan fingerprint density at radius 3 is 2.50 bits per heavy atom. The summed E-state index contributed by atoms with van der Waals surface area (Å²) in [5.41, 5.74) is 0.488. The first-order valence-corrected chi connectivity index (χ1v) is 7.88. The Kier molecular flexibility index (Phi) is 4.71. The third-order valence-electron chi connectivity index (χ3n) is 3.36. The molecule has 22 heavy (non-hydrogen) atoms. The van der Waals surface area contributed by atoms with Crippen LogP contribution < -0.4 is 0 Å². The molecule has 1 heterocycles. The molecule has 0 N–H and O–H groups in total. The van der Waals surface area contributed by atoms with Crippen LogP contribution in [0.15, 0.2) is 11.6 Å². The van der Waals surface area contributed by atoms with Crippen LogP contribution in [0.5, 0.6) is 0 Å². The van der Waals surface area contributed by atoms with Gasteiger partial charge in [0.15, 0.2) is 17.3 Å². The number of fused-ring (bicyclic) bond motifs is 1. The van der Waals surface area contributed by atoms with Crippen molar-refractivity contribution in [1.29, 1.82) is 0 Å². The van der Waals surface area contributed by atoms with Crippen molar-refractivity contribution in [2.75, 3.05) is 6.61 Å². The third kappa shape index (κ3) is 2.66.